The highest BCUT2D eigenvalue weighted by Gasteiger charge is 2.19. The second-order valence-corrected chi connectivity index (χ2v) is 6.08. The number of nitrogens with one attached hydrogen (secondary N) is 1. The van der Waals surface area contributed by atoms with E-state index in [1.54, 1.807) is 17.0 Å². The Labute approximate surface area is 121 Å². The summed E-state index contributed by atoms with van der Waals surface area (Å²) < 4.78 is 13.1. The first-order valence-electron chi connectivity index (χ1n) is 6.16. The number of halogens is 2. The van der Waals surface area contributed by atoms with Crippen LogP contribution < -0.4 is 5.32 Å². The summed E-state index contributed by atoms with van der Waals surface area (Å²) in [7, 11) is 0. The van der Waals surface area contributed by atoms with Crippen LogP contribution in [0.3, 0.4) is 0 Å². The largest absolute Gasteiger partial charge is 0.331 e. The number of hydrogen-bond acceptors (Lipinski definition) is 2. The monoisotopic (exact) mass is 302 g/mol. The lowest BCUT2D eigenvalue weighted by Crippen LogP contribution is -2.45. The van der Waals surface area contributed by atoms with E-state index in [0.29, 0.717) is 0 Å². The Morgan fingerprint density at radius 1 is 1.47 bits per heavy atom. The highest BCUT2D eigenvalue weighted by molar-refractivity contribution is 7.99. The van der Waals surface area contributed by atoms with Crippen LogP contribution >= 0.6 is 23.4 Å². The van der Waals surface area contributed by atoms with Gasteiger partial charge in [-0.05, 0) is 24.6 Å². The van der Waals surface area contributed by atoms with E-state index in [2.05, 4.69) is 5.32 Å². The third-order valence-corrected chi connectivity index (χ3v) is 4.31. The zero-order valence-corrected chi connectivity index (χ0v) is 12.2. The standard InChI is InChI=1S/C13H16ClFN2OS/c1-9(10-2-3-12(15)11(14)8-10)16-13(18)17-4-6-19-7-5-17/h2-3,8-9H,4-7H2,1H3,(H,16,18). The van der Waals surface area contributed by atoms with E-state index in [-0.39, 0.29) is 17.1 Å². The Hall–Kier alpha value is -0.940. The van der Waals surface area contributed by atoms with Gasteiger partial charge in [0.15, 0.2) is 0 Å². The maximum absolute atomic E-state index is 13.1. The minimum atomic E-state index is -0.447. The molecule has 2 rings (SSSR count). The van der Waals surface area contributed by atoms with Gasteiger partial charge in [0.25, 0.3) is 0 Å². The molecule has 1 heterocycles. The predicted octanol–water partition coefficient (Wildman–Crippen LogP) is 3.30. The second kappa shape index (κ2) is 6.48. The molecule has 19 heavy (non-hydrogen) atoms. The fourth-order valence-electron chi connectivity index (χ4n) is 1.91. The van der Waals surface area contributed by atoms with E-state index >= 15 is 0 Å². The van der Waals surface area contributed by atoms with Gasteiger partial charge in [-0.15, -0.1) is 0 Å². The molecule has 1 aromatic carbocycles. The number of thioether (sulfide) groups is 1. The van der Waals surface area contributed by atoms with Crippen molar-refractivity contribution in [2.45, 2.75) is 13.0 Å². The van der Waals surface area contributed by atoms with Crippen LogP contribution in [0.2, 0.25) is 5.02 Å². The average Bonchev–Trinajstić information content (AvgIpc) is 2.42. The summed E-state index contributed by atoms with van der Waals surface area (Å²) in [6.45, 7) is 3.40. The lowest BCUT2D eigenvalue weighted by atomic mass is 10.1. The average molecular weight is 303 g/mol. The van der Waals surface area contributed by atoms with Crippen molar-refractivity contribution in [1.82, 2.24) is 10.2 Å². The SMILES string of the molecule is CC(NC(=O)N1CCSCC1)c1ccc(F)c(Cl)c1. The molecule has 3 nitrogen and oxygen atoms in total. The minimum absolute atomic E-state index is 0.0757. The molecule has 6 heteroatoms. The van der Waals surface area contributed by atoms with E-state index in [1.165, 1.54) is 6.07 Å². The smallest absolute Gasteiger partial charge is 0.317 e. The fraction of sp³-hybridized carbons (Fsp3) is 0.462. The molecule has 1 aliphatic rings. The van der Waals surface area contributed by atoms with Crippen LogP contribution in [0, 0.1) is 5.82 Å². The number of hydrogen-bond donors (Lipinski definition) is 1. The molecule has 0 aliphatic carbocycles. The van der Waals surface area contributed by atoms with Crippen molar-refractivity contribution < 1.29 is 9.18 Å². The van der Waals surface area contributed by atoms with Gasteiger partial charge in [-0.2, -0.15) is 11.8 Å². The second-order valence-electron chi connectivity index (χ2n) is 4.44. The summed E-state index contributed by atoms with van der Waals surface area (Å²) >= 11 is 7.60. The maximum atomic E-state index is 13.1. The molecule has 104 valence electrons. The van der Waals surface area contributed by atoms with Gasteiger partial charge in [0.05, 0.1) is 11.1 Å². The summed E-state index contributed by atoms with van der Waals surface area (Å²) in [5.74, 6) is 1.51. The van der Waals surface area contributed by atoms with Crippen molar-refractivity contribution in [2.75, 3.05) is 24.6 Å². The number of carbonyl (C=O) groups excluding carboxylic acids is 1. The molecule has 1 fully saturated rings. The van der Waals surface area contributed by atoms with Gasteiger partial charge in [-0.3, -0.25) is 0 Å². The zero-order chi connectivity index (χ0) is 13.8. The highest BCUT2D eigenvalue weighted by atomic mass is 35.5. The fourth-order valence-corrected chi connectivity index (χ4v) is 3.00. The Balaban J connectivity index is 1.97. The molecule has 2 amide bonds. The molecule has 0 bridgehead atoms. The van der Waals surface area contributed by atoms with E-state index in [0.717, 1.165) is 30.2 Å². The third-order valence-electron chi connectivity index (χ3n) is 3.08. The summed E-state index contributed by atoms with van der Waals surface area (Å²) in [6.07, 6.45) is 0. The third kappa shape index (κ3) is 3.76. The minimum Gasteiger partial charge on any atom is -0.331 e. The van der Waals surface area contributed by atoms with E-state index in [1.807, 2.05) is 18.7 Å². The Morgan fingerprint density at radius 3 is 2.79 bits per heavy atom. The maximum Gasteiger partial charge on any atom is 0.317 e. The number of urea groups is 1. The number of nitrogens with zero attached hydrogens (tertiary/aromatic N) is 1. The van der Waals surface area contributed by atoms with Crippen molar-refractivity contribution in [3.63, 3.8) is 0 Å². The van der Waals surface area contributed by atoms with Crippen molar-refractivity contribution in [3.8, 4) is 0 Å². The van der Waals surface area contributed by atoms with Crippen LogP contribution in [0.5, 0.6) is 0 Å². The summed E-state index contributed by atoms with van der Waals surface area (Å²) in [4.78, 5) is 13.8. The van der Waals surface area contributed by atoms with Crippen molar-refractivity contribution in [2.24, 2.45) is 0 Å². The lowest BCUT2D eigenvalue weighted by Gasteiger charge is -2.28. The molecular formula is C13H16ClFN2OS. The summed E-state index contributed by atoms with van der Waals surface area (Å²) in [5.41, 5.74) is 0.797. The van der Waals surface area contributed by atoms with Gasteiger partial charge in [0, 0.05) is 24.6 Å². The Kier molecular flexibility index (Phi) is 4.93. The van der Waals surface area contributed by atoms with Gasteiger partial charge in [-0.1, -0.05) is 17.7 Å². The molecule has 1 saturated heterocycles. The topological polar surface area (TPSA) is 32.3 Å². The van der Waals surface area contributed by atoms with Crippen molar-refractivity contribution >= 4 is 29.4 Å². The Morgan fingerprint density at radius 2 is 2.16 bits per heavy atom. The number of benzene rings is 1. The molecule has 1 aromatic rings. The first-order valence-corrected chi connectivity index (χ1v) is 7.69. The van der Waals surface area contributed by atoms with Crippen LogP contribution in [-0.4, -0.2) is 35.5 Å². The van der Waals surface area contributed by atoms with Crippen LogP contribution in [0.15, 0.2) is 18.2 Å². The predicted molar refractivity (Wildman–Crippen MR) is 77.3 cm³/mol. The zero-order valence-electron chi connectivity index (χ0n) is 10.7. The van der Waals surface area contributed by atoms with E-state index in [4.69, 9.17) is 11.6 Å². The molecule has 0 radical (unpaired) electrons. The van der Waals surface area contributed by atoms with Crippen LogP contribution in [0.1, 0.15) is 18.5 Å². The summed E-state index contributed by atoms with van der Waals surface area (Å²) in [6, 6.07) is 4.23. The molecule has 1 atom stereocenters. The molecule has 0 spiro atoms. The van der Waals surface area contributed by atoms with E-state index < -0.39 is 5.82 Å². The number of carbonyl (C=O) groups is 1. The van der Waals surface area contributed by atoms with Crippen molar-refractivity contribution in [3.05, 3.63) is 34.6 Å². The Bertz CT molecular complexity index is 466. The highest BCUT2D eigenvalue weighted by Crippen LogP contribution is 2.21. The molecular weight excluding hydrogens is 287 g/mol. The molecule has 1 aliphatic heterocycles. The molecule has 1 N–H and O–H groups in total. The number of rotatable bonds is 2. The molecule has 1 unspecified atom stereocenters. The lowest BCUT2D eigenvalue weighted by molar-refractivity contribution is 0.199. The van der Waals surface area contributed by atoms with Crippen LogP contribution in [0.25, 0.3) is 0 Å². The summed E-state index contributed by atoms with van der Waals surface area (Å²) in [5, 5.41) is 2.99. The van der Waals surface area contributed by atoms with Crippen LogP contribution in [-0.2, 0) is 0 Å². The van der Waals surface area contributed by atoms with Gasteiger partial charge in [0.1, 0.15) is 5.82 Å². The number of amides is 2. The molecule has 0 saturated carbocycles. The van der Waals surface area contributed by atoms with Crippen LogP contribution in [0.4, 0.5) is 9.18 Å². The van der Waals surface area contributed by atoms with Gasteiger partial charge >= 0.3 is 6.03 Å². The quantitative estimate of drug-likeness (QED) is 0.909. The molecule has 0 aromatic heterocycles. The van der Waals surface area contributed by atoms with Gasteiger partial charge in [0.2, 0.25) is 0 Å². The first-order chi connectivity index (χ1) is 9.08. The van der Waals surface area contributed by atoms with Crippen molar-refractivity contribution in [1.29, 1.82) is 0 Å². The van der Waals surface area contributed by atoms with Gasteiger partial charge in [-0.25, -0.2) is 9.18 Å². The normalized spacial score (nSPS) is 17.1. The van der Waals surface area contributed by atoms with E-state index in [9.17, 15) is 9.18 Å². The van der Waals surface area contributed by atoms with Gasteiger partial charge < -0.3 is 10.2 Å². The first kappa shape index (κ1) is 14.5.